The monoisotopic (exact) mass is 243 g/mol. The summed E-state index contributed by atoms with van der Waals surface area (Å²) >= 11 is 0. The fourth-order valence-electron chi connectivity index (χ4n) is 3.91. The molecular formula is C17H25N. The van der Waals surface area contributed by atoms with E-state index >= 15 is 0 Å². The van der Waals surface area contributed by atoms with Crippen LogP contribution in [0.3, 0.4) is 0 Å². The van der Waals surface area contributed by atoms with Gasteiger partial charge in [-0.3, -0.25) is 0 Å². The Kier molecular flexibility index (Phi) is 3.43. The van der Waals surface area contributed by atoms with E-state index in [9.17, 15) is 0 Å². The van der Waals surface area contributed by atoms with Crippen molar-refractivity contribution in [2.24, 2.45) is 11.8 Å². The molecule has 0 aromatic heterocycles. The molecule has 1 nitrogen and oxygen atoms in total. The van der Waals surface area contributed by atoms with Crippen LogP contribution in [-0.2, 0) is 6.42 Å². The summed E-state index contributed by atoms with van der Waals surface area (Å²) in [5.74, 6) is 2.47. The van der Waals surface area contributed by atoms with Crippen LogP contribution >= 0.6 is 0 Å². The highest BCUT2D eigenvalue weighted by molar-refractivity contribution is 5.40. The topological polar surface area (TPSA) is 12.0 Å². The number of rotatable bonds is 3. The second-order valence-electron chi connectivity index (χ2n) is 6.42. The van der Waals surface area contributed by atoms with E-state index in [1.54, 1.807) is 11.1 Å². The third-order valence-electron chi connectivity index (χ3n) is 5.11. The van der Waals surface area contributed by atoms with Gasteiger partial charge < -0.3 is 5.32 Å². The van der Waals surface area contributed by atoms with E-state index in [1.165, 1.54) is 32.2 Å². The van der Waals surface area contributed by atoms with Crippen molar-refractivity contribution in [1.29, 1.82) is 0 Å². The molecule has 2 aliphatic rings. The van der Waals surface area contributed by atoms with Crippen molar-refractivity contribution in [3.05, 3.63) is 35.4 Å². The highest BCUT2D eigenvalue weighted by Gasteiger charge is 2.30. The minimum Gasteiger partial charge on any atom is -0.313 e. The molecule has 0 saturated heterocycles. The number of nitrogens with one attached hydrogen (secondary N) is 1. The molecule has 3 unspecified atom stereocenters. The van der Waals surface area contributed by atoms with Gasteiger partial charge in [0.15, 0.2) is 0 Å². The van der Waals surface area contributed by atoms with Gasteiger partial charge in [0.1, 0.15) is 0 Å². The molecule has 2 aliphatic carbocycles. The highest BCUT2D eigenvalue weighted by Crippen LogP contribution is 2.35. The number of benzene rings is 1. The van der Waals surface area contributed by atoms with E-state index in [2.05, 4.69) is 43.4 Å². The van der Waals surface area contributed by atoms with Gasteiger partial charge in [-0.25, -0.2) is 0 Å². The summed E-state index contributed by atoms with van der Waals surface area (Å²) in [5.41, 5.74) is 3.15. The van der Waals surface area contributed by atoms with Crippen molar-refractivity contribution in [2.45, 2.75) is 51.5 Å². The molecule has 0 radical (unpaired) electrons. The van der Waals surface area contributed by atoms with Crippen molar-refractivity contribution < 1.29 is 0 Å². The predicted octanol–water partition coefficient (Wildman–Crippen LogP) is 3.74. The van der Waals surface area contributed by atoms with Crippen LogP contribution in [-0.4, -0.2) is 12.6 Å². The van der Waals surface area contributed by atoms with Crippen LogP contribution in [0.4, 0.5) is 0 Å². The molecule has 0 bridgehead atoms. The average molecular weight is 243 g/mol. The lowest BCUT2D eigenvalue weighted by atomic mass is 9.75. The Morgan fingerprint density at radius 2 is 1.83 bits per heavy atom. The second-order valence-corrected chi connectivity index (χ2v) is 6.42. The Balaban J connectivity index is 1.56. The zero-order valence-electron chi connectivity index (χ0n) is 11.7. The first-order chi connectivity index (χ1) is 8.75. The summed E-state index contributed by atoms with van der Waals surface area (Å²) in [7, 11) is 0. The molecule has 1 N–H and O–H groups in total. The van der Waals surface area contributed by atoms with Gasteiger partial charge in [0.05, 0.1) is 0 Å². The third kappa shape index (κ3) is 2.21. The first-order valence-corrected chi connectivity index (χ1v) is 7.57. The standard InChI is InChI=1S/C17H25N/c1-12-6-5-7-13(2)17(12)18-11-15-10-14-8-3-4-9-16(14)15/h3-4,8-9,12-13,15,17-18H,5-7,10-11H2,1-2H3. The van der Waals surface area contributed by atoms with Gasteiger partial charge in [-0.05, 0) is 42.2 Å². The summed E-state index contributed by atoms with van der Waals surface area (Å²) in [6, 6.07) is 9.66. The van der Waals surface area contributed by atoms with Crippen molar-refractivity contribution in [3.63, 3.8) is 0 Å². The molecule has 98 valence electrons. The van der Waals surface area contributed by atoms with Crippen LogP contribution in [0.5, 0.6) is 0 Å². The maximum absolute atomic E-state index is 3.86. The largest absolute Gasteiger partial charge is 0.313 e. The molecule has 0 amide bonds. The number of fused-ring (bicyclic) bond motifs is 1. The van der Waals surface area contributed by atoms with Crippen LogP contribution < -0.4 is 5.32 Å². The second kappa shape index (κ2) is 5.05. The maximum atomic E-state index is 3.86. The molecule has 1 saturated carbocycles. The molecule has 0 heterocycles. The molecule has 3 atom stereocenters. The fourth-order valence-corrected chi connectivity index (χ4v) is 3.91. The van der Waals surface area contributed by atoms with Gasteiger partial charge >= 0.3 is 0 Å². The molecule has 0 spiro atoms. The average Bonchev–Trinajstić information content (AvgIpc) is 2.33. The van der Waals surface area contributed by atoms with Crippen molar-refractivity contribution in [1.82, 2.24) is 5.32 Å². The molecule has 1 aromatic carbocycles. The maximum Gasteiger partial charge on any atom is 0.0119 e. The van der Waals surface area contributed by atoms with Crippen LogP contribution in [0.2, 0.25) is 0 Å². The zero-order chi connectivity index (χ0) is 12.5. The van der Waals surface area contributed by atoms with Crippen LogP contribution in [0.25, 0.3) is 0 Å². The third-order valence-corrected chi connectivity index (χ3v) is 5.11. The van der Waals surface area contributed by atoms with Gasteiger partial charge in [-0.2, -0.15) is 0 Å². The smallest absolute Gasteiger partial charge is 0.0119 e. The van der Waals surface area contributed by atoms with Crippen molar-refractivity contribution in [2.75, 3.05) is 6.54 Å². The van der Waals surface area contributed by atoms with Crippen molar-refractivity contribution >= 4 is 0 Å². The Bertz CT molecular complexity index is 402. The normalized spacial score (nSPS) is 34.8. The number of hydrogen-bond acceptors (Lipinski definition) is 1. The van der Waals surface area contributed by atoms with E-state index in [1.807, 2.05) is 0 Å². The van der Waals surface area contributed by atoms with Gasteiger partial charge in [-0.15, -0.1) is 0 Å². The quantitative estimate of drug-likeness (QED) is 0.852. The minimum atomic E-state index is 0.742. The molecular weight excluding hydrogens is 218 g/mol. The summed E-state index contributed by atoms with van der Waals surface area (Å²) in [6.45, 7) is 6.01. The molecule has 0 aliphatic heterocycles. The molecule has 1 fully saturated rings. The minimum absolute atomic E-state index is 0.742. The zero-order valence-corrected chi connectivity index (χ0v) is 11.7. The summed E-state index contributed by atoms with van der Waals surface area (Å²) < 4.78 is 0. The van der Waals surface area contributed by atoms with Crippen LogP contribution in [0.1, 0.15) is 50.2 Å². The fraction of sp³-hybridized carbons (Fsp3) is 0.647. The van der Waals surface area contributed by atoms with Gasteiger partial charge in [-0.1, -0.05) is 44.5 Å². The number of hydrogen-bond donors (Lipinski definition) is 1. The lowest BCUT2D eigenvalue weighted by molar-refractivity contribution is 0.205. The van der Waals surface area contributed by atoms with Crippen LogP contribution in [0.15, 0.2) is 24.3 Å². The molecule has 3 rings (SSSR count). The van der Waals surface area contributed by atoms with Gasteiger partial charge in [0, 0.05) is 18.5 Å². The lowest BCUT2D eigenvalue weighted by Crippen LogP contribution is -2.45. The highest BCUT2D eigenvalue weighted by atomic mass is 14.9. The van der Waals surface area contributed by atoms with E-state index in [0.29, 0.717) is 0 Å². The SMILES string of the molecule is CC1CCCC(C)C1NCC1Cc2ccccc21. The van der Waals surface area contributed by atoms with E-state index < -0.39 is 0 Å². The Labute approximate surface area is 111 Å². The van der Waals surface area contributed by atoms with E-state index in [-0.39, 0.29) is 0 Å². The van der Waals surface area contributed by atoms with E-state index in [0.717, 1.165) is 23.8 Å². The first-order valence-electron chi connectivity index (χ1n) is 7.57. The Hall–Kier alpha value is -0.820. The Morgan fingerprint density at radius 3 is 2.56 bits per heavy atom. The molecule has 18 heavy (non-hydrogen) atoms. The summed E-state index contributed by atoms with van der Waals surface area (Å²) in [5, 5.41) is 3.86. The predicted molar refractivity (Wildman–Crippen MR) is 76.9 cm³/mol. The first kappa shape index (κ1) is 12.2. The van der Waals surface area contributed by atoms with Crippen LogP contribution in [0, 0.1) is 11.8 Å². The van der Waals surface area contributed by atoms with E-state index in [4.69, 9.17) is 0 Å². The molecule has 1 aromatic rings. The lowest BCUT2D eigenvalue weighted by Gasteiger charge is -2.38. The van der Waals surface area contributed by atoms with Gasteiger partial charge in [0.2, 0.25) is 0 Å². The summed E-state index contributed by atoms with van der Waals surface area (Å²) in [6.07, 6.45) is 5.51. The Morgan fingerprint density at radius 1 is 1.11 bits per heavy atom. The summed E-state index contributed by atoms with van der Waals surface area (Å²) in [4.78, 5) is 0. The molecule has 1 heteroatoms. The van der Waals surface area contributed by atoms with Crippen molar-refractivity contribution in [3.8, 4) is 0 Å². The van der Waals surface area contributed by atoms with Gasteiger partial charge in [0.25, 0.3) is 0 Å².